The van der Waals surface area contributed by atoms with Crippen molar-refractivity contribution in [3.05, 3.63) is 65.2 Å². The van der Waals surface area contributed by atoms with E-state index >= 15 is 0 Å². The van der Waals surface area contributed by atoms with Crippen LogP contribution < -0.4 is 16.0 Å². The Bertz CT molecular complexity index is 794. The molecule has 0 fully saturated rings. The molecule has 26 heavy (non-hydrogen) atoms. The molecule has 0 aliphatic heterocycles. The number of guanidine groups is 1. The van der Waals surface area contributed by atoms with E-state index in [4.69, 9.17) is 6.42 Å². The second-order valence-electron chi connectivity index (χ2n) is 5.54. The third-order valence-corrected chi connectivity index (χ3v) is 3.53. The van der Waals surface area contributed by atoms with E-state index in [1.807, 2.05) is 6.07 Å². The van der Waals surface area contributed by atoms with Gasteiger partial charge in [-0.15, -0.1) is 30.4 Å². The Kier molecular flexibility index (Phi) is 9.23. The fraction of sp³-hybridized carbons (Fsp3) is 0.200. The fourth-order valence-electron chi connectivity index (χ4n) is 2.17. The minimum absolute atomic E-state index is 0. The molecule has 0 unspecified atom stereocenters. The van der Waals surface area contributed by atoms with E-state index in [2.05, 4.69) is 58.1 Å². The van der Waals surface area contributed by atoms with Crippen LogP contribution in [0.5, 0.6) is 0 Å². The van der Waals surface area contributed by atoms with Crippen LogP contribution in [-0.4, -0.2) is 25.5 Å². The number of nitrogens with one attached hydrogen (secondary N) is 3. The summed E-state index contributed by atoms with van der Waals surface area (Å²) in [7, 11) is 1.67. The first-order valence-corrected chi connectivity index (χ1v) is 7.97. The molecular weight excluding hydrogens is 439 g/mol. The molecule has 0 aromatic heterocycles. The summed E-state index contributed by atoms with van der Waals surface area (Å²) in [5.41, 5.74) is 3.76. The number of amides is 1. The molecule has 5 nitrogen and oxygen atoms in total. The van der Waals surface area contributed by atoms with Gasteiger partial charge in [-0.25, -0.2) is 0 Å². The number of hydrogen-bond acceptors (Lipinski definition) is 2. The summed E-state index contributed by atoms with van der Waals surface area (Å²) in [4.78, 5) is 16.2. The molecule has 2 aromatic carbocycles. The average Bonchev–Trinajstić information content (AvgIpc) is 2.63. The van der Waals surface area contributed by atoms with E-state index in [0.29, 0.717) is 18.2 Å². The van der Waals surface area contributed by atoms with Crippen LogP contribution in [0.1, 0.15) is 16.7 Å². The van der Waals surface area contributed by atoms with E-state index < -0.39 is 0 Å². The number of hydrogen-bond donors (Lipinski definition) is 3. The fourth-order valence-corrected chi connectivity index (χ4v) is 2.17. The van der Waals surface area contributed by atoms with Crippen molar-refractivity contribution >= 4 is 41.5 Å². The summed E-state index contributed by atoms with van der Waals surface area (Å²) in [5.74, 6) is 2.93. The highest BCUT2D eigenvalue weighted by Gasteiger charge is 2.05. The van der Waals surface area contributed by atoms with Crippen LogP contribution in [0.4, 0.5) is 5.69 Å². The zero-order valence-electron chi connectivity index (χ0n) is 14.9. The van der Waals surface area contributed by atoms with Gasteiger partial charge in [-0.3, -0.25) is 9.79 Å². The van der Waals surface area contributed by atoms with Crippen LogP contribution in [0.2, 0.25) is 0 Å². The number of carbonyl (C=O) groups is 1. The molecule has 1 amide bonds. The van der Waals surface area contributed by atoms with Gasteiger partial charge in [-0.1, -0.05) is 41.8 Å². The topological polar surface area (TPSA) is 65.5 Å². The molecule has 2 rings (SSSR count). The summed E-state index contributed by atoms with van der Waals surface area (Å²) < 4.78 is 0. The number of terminal acetylenes is 1. The van der Waals surface area contributed by atoms with Gasteiger partial charge in [0.2, 0.25) is 5.91 Å². The second kappa shape index (κ2) is 11.2. The first-order valence-electron chi connectivity index (χ1n) is 7.97. The summed E-state index contributed by atoms with van der Waals surface area (Å²) >= 11 is 0. The molecule has 2 aromatic rings. The highest BCUT2D eigenvalue weighted by Crippen LogP contribution is 2.09. The van der Waals surface area contributed by atoms with Gasteiger partial charge >= 0.3 is 0 Å². The Morgan fingerprint density at radius 3 is 2.54 bits per heavy atom. The lowest BCUT2D eigenvalue weighted by Crippen LogP contribution is -2.41. The van der Waals surface area contributed by atoms with E-state index in [-0.39, 0.29) is 36.4 Å². The van der Waals surface area contributed by atoms with Crippen molar-refractivity contribution in [3.63, 3.8) is 0 Å². The maximum Gasteiger partial charge on any atom is 0.243 e. The molecule has 3 N–H and O–H groups in total. The maximum absolute atomic E-state index is 12.0. The summed E-state index contributed by atoms with van der Waals surface area (Å²) in [5, 5.41) is 8.96. The standard InChI is InChI=1S/C20H22N4O.HI/c1-4-16-6-5-7-18(12-16)24-19(25)14-23-20(21-3)22-13-17-10-8-15(2)9-11-17;/h1,5-12H,13-14H2,2-3H3,(H,24,25)(H2,21,22,23);1H. The molecule has 0 aliphatic rings. The molecule has 6 heteroatoms. The number of anilines is 1. The van der Waals surface area contributed by atoms with Crippen molar-refractivity contribution in [3.8, 4) is 12.3 Å². The lowest BCUT2D eigenvalue weighted by molar-refractivity contribution is -0.115. The minimum atomic E-state index is -0.174. The molecule has 0 bridgehead atoms. The van der Waals surface area contributed by atoms with Crippen LogP contribution >= 0.6 is 24.0 Å². The van der Waals surface area contributed by atoms with E-state index in [9.17, 15) is 4.79 Å². The predicted octanol–water partition coefficient (Wildman–Crippen LogP) is 2.90. The average molecular weight is 462 g/mol. The van der Waals surface area contributed by atoms with Crippen LogP contribution in [0.3, 0.4) is 0 Å². The smallest absolute Gasteiger partial charge is 0.243 e. The Balaban J connectivity index is 0.00000338. The molecule has 0 aliphatic carbocycles. The second-order valence-corrected chi connectivity index (χ2v) is 5.54. The summed E-state index contributed by atoms with van der Waals surface area (Å²) in [6.07, 6.45) is 5.36. The Labute approximate surface area is 171 Å². The SMILES string of the molecule is C#Cc1cccc(NC(=O)CNC(=NC)NCc2ccc(C)cc2)c1.I. The third kappa shape index (κ3) is 7.15. The number of rotatable bonds is 5. The lowest BCUT2D eigenvalue weighted by atomic mass is 10.1. The number of aryl methyl sites for hydroxylation is 1. The zero-order chi connectivity index (χ0) is 18.1. The van der Waals surface area contributed by atoms with Crippen molar-refractivity contribution in [2.45, 2.75) is 13.5 Å². The largest absolute Gasteiger partial charge is 0.352 e. The number of aliphatic imine (C=N–C) groups is 1. The molecule has 0 saturated carbocycles. The van der Waals surface area contributed by atoms with Crippen LogP contribution in [0.25, 0.3) is 0 Å². The van der Waals surface area contributed by atoms with Crippen molar-refractivity contribution in [2.24, 2.45) is 4.99 Å². The number of nitrogens with zero attached hydrogens (tertiary/aromatic N) is 1. The molecule has 0 heterocycles. The van der Waals surface area contributed by atoms with E-state index in [1.54, 1.807) is 25.2 Å². The summed E-state index contributed by atoms with van der Waals surface area (Å²) in [6.45, 7) is 2.79. The van der Waals surface area contributed by atoms with Crippen molar-refractivity contribution in [1.29, 1.82) is 0 Å². The highest BCUT2D eigenvalue weighted by atomic mass is 127. The highest BCUT2D eigenvalue weighted by molar-refractivity contribution is 14.0. The quantitative estimate of drug-likeness (QED) is 0.277. The Morgan fingerprint density at radius 2 is 1.88 bits per heavy atom. The number of halogens is 1. The minimum Gasteiger partial charge on any atom is -0.352 e. The third-order valence-electron chi connectivity index (χ3n) is 3.53. The first kappa shape index (κ1) is 21.5. The van der Waals surface area contributed by atoms with Gasteiger partial charge in [0.15, 0.2) is 5.96 Å². The van der Waals surface area contributed by atoms with Gasteiger partial charge in [-0.05, 0) is 30.7 Å². The van der Waals surface area contributed by atoms with Gasteiger partial charge in [0.05, 0.1) is 6.54 Å². The Morgan fingerprint density at radius 1 is 1.15 bits per heavy atom. The van der Waals surface area contributed by atoms with Gasteiger partial charge in [-0.2, -0.15) is 0 Å². The van der Waals surface area contributed by atoms with Crippen LogP contribution in [-0.2, 0) is 11.3 Å². The van der Waals surface area contributed by atoms with Gasteiger partial charge in [0, 0.05) is 24.8 Å². The van der Waals surface area contributed by atoms with Crippen LogP contribution in [0.15, 0.2) is 53.5 Å². The Hall–Kier alpha value is -2.53. The molecule has 0 saturated heterocycles. The molecule has 136 valence electrons. The molecule has 0 radical (unpaired) electrons. The first-order chi connectivity index (χ1) is 12.1. The van der Waals surface area contributed by atoms with E-state index in [1.165, 1.54) is 5.56 Å². The normalized spacial score (nSPS) is 10.3. The monoisotopic (exact) mass is 462 g/mol. The molecule has 0 spiro atoms. The van der Waals surface area contributed by atoms with Crippen molar-refractivity contribution in [2.75, 3.05) is 18.9 Å². The van der Waals surface area contributed by atoms with E-state index in [0.717, 1.165) is 11.1 Å². The molecular formula is C20H23IN4O. The van der Waals surface area contributed by atoms with Crippen molar-refractivity contribution in [1.82, 2.24) is 10.6 Å². The number of benzene rings is 2. The lowest BCUT2D eigenvalue weighted by Gasteiger charge is -2.12. The number of carbonyl (C=O) groups excluding carboxylic acids is 1. The summed E-state index contributed by atoms with van der Waals surface area (Å²) in [6, 6.07) is 15.4. The van der Waals surface area contributed by atoms with Gasteiger partial charge in [0.25, 0.3) is 0 Å². The maximum atomic E-state index is 12.0. The van der Waals surface area contributed by atoms with Gasteiger partial charge in [0.1, 0.15) is 0 Å². The van der Waals surface area contributed by atoms with Crippen molar-refractivity contribution < 1.29 is 4.79 Å². The predicted molar refractivity (Wildman–Crippen MR) is 118 cm³/mol. The molecule has 0 atom stereocenters. The zero-order valence-corrected chi connectivity index (χ0v) is 17.2. The van der Waals surface area contributed by atoms with Gasteiger partial charge < -0.3 is 16.0 Å². The van der Waals surface area contributed by atoms with Crippen LogP contribution in [0, 0.1) is 19.3 Å².